The average Bonchev–Trinajstić information content (AvgIpc) is 2.79. The standard InChI is InChI=1S/C12H11N3O4S/c1-6-4-3-5-7(15(17)18)8(6)11-14-9(10(13)20-11)12(16)19-2/h3-5H,13H2,1-2H3. The molecule has 0 amide bonds. The number of hydrogen-bond acceptors (Lipinski definition) is 7. The third-order valence-electron chi connectivity index (χ3n) is 2.69. The molecule has 20 heavy (non-hydrogen) atoms. The van der Waals surface area contributed by atoms with Crippen LogP contribution in [-0.2, 0) is 4.74 Å². The number of aryl methyl sites for hydroxylation is 1. The quantitative estimate of drug-likeness (QED) is 0.528. The van der Waals surface area contributed by atoms with Gasteiger partial charge in [0.2, 0.25) is 0 Å². The van der Waals surface area contributed by atoms with Crippen LogP contribution in [0.4, 0.5) is 10.7 Å². The van der Waals surface area contributed by atoms with Crippen LogP contribution in [-0.4, -0.2) is 23.0 Å². The molecule has 104 valence electrons. The SMILES string of the molecule is COC(=O)c1nc(-c2c(C)cccc2[N+](=O)[O-])sc1N. The van der Waals surface area contributed by atoms with E-state index >= 15 is 0 Å². The number of anilines is 1. The second kappa shape index (κ2) is 5.25. The van der Waals surface area contributed by atoms with Crippen LogP contribution in [0.1, 0.15) is 16.1 Å². The lowest BCUT2D eigenvalue weighted by Crippen LogP contribution is -2.04. The van der Waals surface area contributed by atoms with Crippen molar-refractivity contribution in [2.75, 3.05) is 12.8 Å². The van der Waals surface area contributed by atoms with Gasteiger partial charge < -0.3 is 10.5 Å². The third kappa shape index (κ3) is 2.32. The van der Waals surface area contributed by atoms with Crippen molar-refractivity contribution in [3.63, 3.8) is 0 Å². The Morgan fingerprint density at radius 3 is 2.80 bits per heavy atom. The van der Waals surface area contributed by atoms with Gasteiger partial charge in [0, 0.05) is 6.07 Å². The van der Waals surface area contributed by atoms with E-state index in [1.807, 2.05) is 0 Å². The lowest BCUT2D eigenvalue weighted by atomic mass is 10.1. The highest BCUT2D eigenvalue weighted by Crippen LogP contribution is 2.37. The lowest BCUT2D eigenvalue weighted by molar-refractivity contribution is -0.384. The van der Waals surface area contributed by atoms with Crippen molar-refractivity contribution in [2.45, 2.75) is 6.92 Å². The highest BCUT2D eigenvalue weighted by atomic mass is 32.1. The fourth-order valence-corrected chi connectivity index (χ4v) is 2.70. The number of nitro groups is 1. The van der Waals surface area contributed by atoms with Crippen molar-refractivity contribution in [1.82, 2.24) is 4.98 Å². The zero-order valence-electron chi connectivity index (χ0n) is 10.7. The maximum absolute atomic E-state index is 11.5. The zero-order chi connectivity index (χ0) is 14.9. The van der Waals surface area contributed by atoms with E-state index in [1.165, 1.54) is 13.2 Å². The zero-order valence-corrected chi connectivity index (χ0v) is 11.6. The van der Waals surface area contributed by atoms with E-state index in [1.54, 1.807) is 19.1 Å². The summed E-state index contributed by atoms with van der Waals surface area (Å²) < 4.78 is 4.57. The number of carbonyl (C=O) groups excluding carboxylic acids is 1. The van der Waals surface area contributed by atoms with Gasteiger partial charge in [0.1, 0.15) is 10.0 Å². The Morgan fingerprint density at radius 2 is 2.20 bits per heavy atom. The summed E-state index contributed by atoms with van der Waals surface area (Å²) in [6.07, 6.45) is 0. The summed E-state index contributed by atoms with van der Waals surface area (Å²) in [6, 6.07) is 4.71. The molecule has 0 radical (unpaired) electrons. The first kappa shape index (κ1) is 13.9. The molecular formula is C12H11N3O4S. The molecule has 2 rings (SSSR count). The number of benzene rings is 1. The van der Waals surface area contributed by atoms with E-state index in [2.05, 4.69) is 9.72 Å². The molecule has 0 aliphatic carbocycles. The Bertz CT molecular complexity index is 696. The second-order valence-corrected chi connectivity index (χ2v) is 4.98. The first-order valence-corrected chi connectivity index (χ1v) is 6.36. The molecule has 0 spiro atoms. The molecule has 0 bridgehead atoms. The highest BCUT2D eigenvalue weighted by molar-refractivity contribution is 7.19. The summed E-state index contributed by atoms with van der Waals surface area (Å²) in [5.41, 5.74) is 6.67. The Balaban J connectivity index is 2.64. The van der Waals surface area contributed by atoms with Crippen molar-refractivity contribution >= 4 is 28.0 Å². The topological polar surface area (TPSA) is 108 Å². The van der Waals surface area contributed by atoms with E-state index < -0.39 is 10.9 Å². The van der Waals surface area contributed by atoms with Gasteiger partial charge in [0.05, 0.1) is 17.6 Å². The summed E-state index contributed by atoms with van der Waals surface area (Å²) in [4.78, 5) is 26.2. The van der Waals surface area contributed by atoms with Gasteiger partial charge >= 0.3 is 5.97 Å². The molecule has 0 aliphatic rings. The van der Waals surface area contributed by atoms with E-state index in [-0.39, 0.29) is 16.4 Å². The van der Waals surface area contributed by atoms with E-state index in [9.17, 15) is 14.9 Å². The van der Waals surface area contributed by atoms with Gasteiger partial charge in [0.15, 0.2) is 5.69 Å². The smallest absolute Gasteiger partial charge is 0.359 e. The van der Waals surface area contributed by atoms with Crippen molar-refractivity contribution in [2.24, 2.45) is 0 Å². The Kier molecular flexibility index (Phi) is 3.66. The van der Waals surface area contributed by atoms with Gasteiger partial charge in [-0.2, -0.15) is 0 Å². The average molecular weight is 293 g/mol. The minimum atomic E-state index is -0.666. The van der Waals surface area contributed by atoms with Crippen LogP contribution in [0.25, 0.3) is 10.6 Å². The number of nitrogens with zero attached hydrogens (tertiary/aromatic N) is 2. The lowest BCUT2D eigenvalue weighted by Gasteiger charge is -2.02. The normalized spacial score (nSPS) is 10.3. The largest absolute Gasteiger partial charge is 0.464 e. The second-order valence-electron chi connectivity index (χ2n) is 3.95. The van der Waals surface area contributed by atoms with Crippen molar-refractivity contribution < 1.29 is 14.5 Å². The minimum absolute atomic E-state index is 0.0231. The van der Waals surface area contributed by atoms with Gasteiger partial charge in [0.25, 0.3) is 5.69 Å². The van der Waals surface area contributed by atoms with Gasteiger partial charge in [-0.15, -0.1) is 0 Å². The third-order valence-corrected chi connectivity index (χ3v) is 3.60. The van der Waals surface area contributed by atoms with E-state index in [4.69, 9.17) is 5.73 Å². The van der Waals surface area contributed by atoms with Gasteiger partial charge in [-0.05, 0) is 12.5 Å². The van der Waals surface area contributed by atoms with Crippen molar-refractivity contribution in [3.05, 3.63) is 39.6 Å². The summed E-state index contributed by atoms with van der Waals surface area (Å²) in [6.45, 7) is 1.73. The summed E-state index contributed by atoms with van der Waals surface area (Å²) >= 11 is 1.02. The molecule has 0 saturated carbocycles. The number of nitrogens with two attached hydrogens (primary N) is 1. The number of rotatable bonds is 3. The molecule has 0 aliphatic heterocycles. The summed E-state index contributed by atoms with van der Waals surface area (Å²) in [5, 5.41) is 11.6. The van der Waals surface area contributed by atoms with E-state index in [0.29, 0.717) is 16.1 Å². The minimum Gasteiger partial charge on any atom is -0.464 e. The Labute approximate surface area is 118 Å². The number of nitrogen functional groups attached to an aromatic ring is 1. The van der Waals surface area contributed by atoms with E-state index in [0.717, 1.165) is 11.3 Å². The maximum atomic E-state index is 11.5. The predicted molar refractivity (Wildman–Crippen MR) is 74.7 cm³/mol. The molecule has 8 heteroatoms. The fourth-order valence-electron chi connectivity index (χ4n) is 1.76. The number of methoxy groups -OCH3 is 1. The molecule has 1 aromatic carbocycles. The van der Waals surface area contributed by atoms with Crippen LogP contribution in [0.5, 0.6) is 0 Å². The number of nitro benzene ring substituents is 1. The van der Waals surface area contributed by atoms with Crippen molar-refractivity contribution in [1.29, 1.82) is 0 Å². The molecule has 0 atom stereocenters. The molecule has 1 heterocycles. The number of aromatic nitrogens is 1. The van der Waals surface area contributed by atoms with Crippen LogP contribution in [0.3, 0.4) is 0 Å². The Morgan fingerprint density at radius 1 is 1.50 bits per heavy atom. The molecule has 2 N–H and O–H groups in total. The van der Waals surface area contributed by atoms with Crippen LogP contribution in [0, 0.1) is 17.0 Å². The van der Waals surface area contributed by atoms with Gasteiger partial charge in [-0.1, -0.05) is 23.5 Å². The highest BCUT2D eigenvalue weighted by Gasteiger charge is 2.24. The monoisotopic (exact) mass is 293 g/mol. The molecule has 0 fully saturated rings. The van der Waals surface area contributed by atoms with Crippen LogP contribution in [0.2, 0.25) is 0 Å². The fraction of sp³-hybridized carbons (Fsp3) is 0.167. The number of carbonyl (C=O) groups is 1. The number of esters is 1. The summed E-state index contributed by atoms with van der Waals surface area (Å²) in [7, 11) is 1.22. The molecule has 7 nitrogen and oxygen atoms in total. The first-order valence-electron chi connectivity index (χ1n) is 5.54. The number of hydrogen-bond donors (Lipinski definition) is 1. The maximum Gasteiger partial charge on any atom is 0.359 e. The molecule has 1 aromatic heterocycles. The van der Waals surface area contributed by atoms with Gasteiger partial charge in [-0.3, -0.25) is 10.1 Å². The van der Waals surface area contributed by atoms with Crippen LogP contribution in [0.15, 0.2) is 18.2 Å². The number of ether oxygens (including phenoxy) is 1. The summed E-state index contributed by atoms with van der Waals surface area (Å²) in [5.74, 6) is -0.666. The van der Waals surface area contributed by atoms with Crippen LogP contribution < -0.4 is 5.73 Å². The molecular weight excluding hydrogens is 282 g/mol. The van der Waals surface area contributed by atoms with Gasteiger partial charge in [-0.25, -0.2) is 9.78 Å². The first-order chi connectivity index (χ1) is 9.45. The Hall–Kier alpha value is -2.48. The number of thiazole rings is 1. The predicted octanol–water partition coefficient (Wildman–Crippen LogP) is 2.40. The molecule has 0 unspecified atom stereocenters. The van der Waals surface area contributed by atoms with Crippen molar-refractivity contribution in [3.8, 4) is 10.6 Å². The van der Waals surface area contributed by atoms with Crippen LogP contribution >= 0.6 is 11.3 Å². The molecule has 0 saturated heterocycles. The molecule has 2 aromatic rings.